The van der Waals surface area contributed by atoms with E-state index in [0.717, 1.165) is 16.7 Å². The number of ether oxygens (including phenoxy) is 1. The van der Waals surface area contributed by atoms with Crippen molar-refractivity contribution in [2.75, 3.05) is 13.3 Å². The maximum atomic E-state index is 12.0. The van der Waals surface area contributed by atoms with Gasteiger partial charge in [-0.2, -0.15) is 0 Å². The molecule has 1 N–H and O–H groups in total. The topological polar surface area (TPSA) is 55.4 Å². The summed E-state index contributed by atoms with van der Waals surface area (Å²) in [5.74, 6) is 1.19. The van der Waals surface area contributed by atoms with E-state index in [1.165, 1.54) is 6.26 Å². The van der Waals surface area contributed by atoms with Crippen LogP contribution < -0.4 is 10.1 Å². The summed E-state index contributed by atoms with van der Waals surface area (Å²) in [6.07, 6.45) is 1.20. The average molecular weight is 368 g/mol. The van der Waals surface area contributed by atoms with Gasteiger partial charge in [-0.3, -0.25) is 0 Å². The smallest absolute Gasteiger partial charge is 0.175 e. The minimum Gasteiger partial charge on any atom is -0.457 e. The van der Waals surface area contributed by atoms with E-state index in [-0.39, 0.29) is 4.90 Å². The van der Waals surface area contributed by atoms with Gasteiger partial charge in [0.2, 0.25) is 0 Å². The fourth-order valence-corrected chi connectivity index (χ4v) is 3.71. The number of nitrogens with one attached hydrogen (secondary N) is 1. The number of aryl methyl sites for hydroxylation is 1. The number of hydrogen-bond donors (Lipinski definition) is 1. The summed E-state index contributed by atoms with van der Waals surface area (Å²) < 4.78 is 30.1. The summed E-state index contributed by atoms with van der Waals surface area (Å²) in [7, 11) is -1.49. The Bertz CT molecular complexity index is 876. The Labute approximate surface area is 148 Å². The van der Waals surface area contributed by atoms with Gasteiger partial charge in [0.15, 0.2) is 9.84 Å². The van der Waals surface area contributed by atoms with Gasteiger partial charge in [0.25, 0.3) is 0 Å². The third-order valence-corrected chi connectivity index (χ3v) is 5.66. The van der Waals surface area contributed by atoms with Gasteiger partial charge in [-0.25, -0.2) is 8.42 Å². The highest BCUT2D eigenvalue weighted by Crippen LogP contribution is 2.34. The van der Waals surface area contributed by atoms with Gasteiger partial charge in [-0.15, -0.1) is 0 Å². The van der Waals surface area contributed by atoms with Gasteiger partial charge in [-0.05, 0) is 68.8 Å². The molecule has 24 heavy (non-hydrogen) atoms. The monoisotopic (exact) mass is 367 g/mol. The number of benzene rings is 2. The minimum atomic E-state index is -3.33. The standard InChI is InChI=1S/C18H22ClNO3S/c1-11-8-14(10-20-4)17(9-18(11)24(5,21)22)23-16-7-6-15(19)12(2)13(16)3/h6-9,20H,10H2,1-5H3. The molecule has 0 aliphatic carbocycles. The van der Waals surface area contributed by atoms with Crippen LogP contribution in [0.3, 0.4) is 0 Å². The Kier molecular flexibility index (Phi) is 5.58. The van der Waals surface area contributed by atoms with Crippen LogP contribution in [0.5, 0.6) is 11.5 Å². The molecule has 0 saturated carbocycles. The largest absolute Gasteiger partial charge is 0.457 e. The number of sulfone groups is 1. The van der Waals surface area contributed by atoms with E-state index < -0.39 is 9.84 Å². The molecule has 0 aromatic heterocycles. The molecule has 0 fully saturated rings. The normalized spacial score (nSPS) is 11.6. The highest BCUT2D eigenvalue weighted by atomic mass is 35.5. The van der Waals surface area contributed by atoms with Crippen LogP contribution in [0.15, 0.2) is 29.2 Å². The highest BCUT2D eigenvalue weighted by molar-refractivity contribution is 7.90. The van der Waals surface area contributed by atoms with Crippen molar-refractivity contribution in [3.63, 3.8) is 0 Å². The van der Waals surface area contributed by atoms with Crippen LogP contribution in [-0.2, 0) is 16.4 Å². The zero-order valence-electron chi connectivity index (χ0n) is 14.5. The Morgan fingerprint density at radius 1 is 1.08 bits per heavy atom. The predicted molar refractivity (Wildman–Crippen MR) is 98.1 cm³/mol. The Morgan fingerprint density at radius 2 is 1.75 bits per heavy atom. The Morgan fingerprint density at radius 3 is 2.33 bits per heavy atom. The SMILES string of the molecule is CNCc1cc(C)c(S(C)(=O)=O)cc1Oc1ccc(Cl)c(C)c1C. The molecule has 0 radical (unpaired) electrons. The molecule has 6 heteroatoms. The van der Waals surface area contributed by atoms with E-state index in [1.807, 2.05) is 27.0 Å². The van der Waals surface area contributed by atoms with Crippen LogP contribution in [0, 0.1) is 20.8 Å². The van der Waals surface area contributed by atoms with Crippen molar-refractivity contribution in [2.24, 2.45) is 0 Å². The lowest BCUT2D eigenvalue weighted by Gasteiger charge is -2.17. The van der Waals surface area contributed by atoms with Crippen molar-refractivity contribution in [2.45, 2.75) is 32.2 Å². The second-order valence-electron chi connectivity index (χ2n) is 5.93. The molecule has 130 valence electrons. The fourth-order valence-electron chi connectivity index (χ4n) is 2.54. The quantitative estimate of drug-likeness (QED) is 0.861. The lowest BCUT2D eigenvalue weighted by Crippen LogP contribution is -2.09. The molecule has 4 nitrogen and oxygen atoms in total. The van der Waals surface area contributed by atoms with E-state index in [4.69, 9.17) is 16.3 Å². The molecule has 0 saturated heterocycles. The van der Waals surface area contributed by atoms with E-state index in [2.05, 4.69) is 5.32 Å². The first-order chi connectivity index (χ1) is 11.1. The van der Waals surface area contributed by atoms with Crippen LogP contribution in [0.25, 0.3) is 0 Å². The van der Waals surface area contributed by atoms with E-state index in [9.17, 15) is 8.42 Å². The van der Waals surface area contributed by atoms with Crippen molar-refractivity contribution in [1.29, 1.82) is 0 Å². The van der Waals surface area contributed by atoms with Crippen molar-refractivity contribution in [3.05, 3.63) is 51.5 Å². The van der Waals surface area contributed by atoms with Gasteiger partial charge in [-0.1, -0.05) is 11.6 Å². The number of hydrogen-bond acceptors (Lipinski definition) is 4. The molecule has 0 heterocycles. The lowest BCUT2D eigenvalue weighted by atomic mass is 10.1. The summed E-state index contributed by atoms with van der Waals surface area (Å²) in [6.45, 7) is 6.22. The molecule has 0 atom stereocenters. The molecule has 0 aliphatic rings. The molecule has 0 spiro atoms. The van der Waals surface area contributed by atoms with E-state index in [1.54, 1.807) is 25.1 Å². The second-order valence-corrected chi connectivity index (χ2v) is 8.32. The Balaban J connectivity index is 2.58. The summed E-state index contributed by atoms with van der Waals surface area (Å²) in [6, 6.07) is 7.03. The molecule has 0 unspecified atom stereocenters. The molecule has 0 amide bonds. The highest BCUT2D eigenvalue weighted by Gasteiger charge is 2.17. The van der Waals surface area contributed by atoms with Gasteiger partial charge in [0.1, 0.15) is 11.5 Å². The maximum absolute atomic E-state index is 12.0. The second kappa shape index (κ2) is 7.13. The first kappa shape index (κ1) is 18.8. The molecule has 0 aliphatic heterocycles. The zero-order chi connectivity index (χ0) is 18.1. The lowest BCUT2D eigenvalue weighted by molar-refractivity contribution is 0.468. The van der Waals surface area contributed by atoms with Crippen LogP contribution in [0.1, 0.15) is 22.3 Å². The van der Waals surface area contributed by atoms with E-state index >= 15 is 0 Å². The first-order valence-electron chi connectivity index (χ1n) is 7.57. The van der Waals surface area contributed by atoms with Crippen molar-refractivity contribution in [3.8, 4) is 11.5 Å². The van der Waals surface area contributed by atoms with Crippen molar-refractivity contribution < 1.29 is 13.2 Å². The minimum absolute atomic E-state index is 0.278. The fraction of sp³-hybridized carbons (Fsp3) is 0.333. The van der Waals surface area contributed by atoms with Crippen LogP contribution >= 0.6 is 11.6 Å². The van der Waals surface area contributed by atoms with Gasteiger partial charge in [0.05, 0.1) is 4.90 Å². The molecule has 0 bridgehead atoms. The number of rotatable bonds is 5. The summed E-state index contributed by atoms with van der Waals surface area (Å²) in [4.78, 5) is 0.278. The van der Waals surface area contributed by atoms with E-state index in [0.29, 0.717) is 28.6 Å². The molecular weight excluding hydrogens is 346 g/mol. The van der Waals surface area contributed by atoms with Crippen LogP contribution in [-0.4, -0.2) is 21.7 Å². The summed E-state index contributed by atoms with van der Waals surface area (Å²) in [5, 5.41) is 3.76. The van der Waals surface area contributed by atoms with Crippen LogP contribution in [0.2, 0.25) is 5.02 Å². The van der Waals surface area contributed by atoms with Crippen molar-refractivity contribution >= 4 is 21.4 Å². The van der Waals surface area contributed by atoms with Crippen molar-refractivity contribution in [1.82, 2.24) is 5.32 Å². The maximum Gasteiger partial charge on any atom is 0.175 e. The third-order valence-electron chi connectivity index (χ3n) is 4.02. The molecule has 2 aromatic carbocycles. The average Bonchev–Trinajstić information content (AvgIpc) is 2.49. The number of halogens is 1. The van der Waals surface area contributed by atoms with Gasteiger partial charge < -0.3 is 10.1 Å². The molecule has 2 aromatic rings. The van der Waals surface area contributed by atoms with Gasteiger partial charge in [0, 0.05) is 23.4 Å². The molecular formula is C18H22ClNO3S. The predicted octanol–water partition coefficient (Wildman–Crippen LogP) is 4.18. The molecule has 2 rings (SSSR count). The zero-order valence-corrected chi connectivity index (χ0v) is 16.1. The summed E-state index contributed by atoms with van der Waals surface area (Å²) in [5.41, 5.74) is 3.48. The third kappa shape index (κ3) is 3.91. The van der Waals surface area contributed by atoms with Gasteiger partial charge >= 0.3 is 0 Å². The first-order valence-corrected chi connectivity index (χ1v) is 9.83. The summed E-state index contributed by atoms with van der Waals surface area (Å²) >= 11 is 6.13. The Hall–Kier alpha value is -1.56. The van der Waals surface area contributed by atoms with Crippen LogP contribution in [0.4, 0.5) is 0 Å².